The molecule has 1 heterocycles. The van der Waals surface area contributed by atoms with Crippen LogP contribution in [0.15, 0.2) is 66.7 Å². The van der Waals surface area contributed by atoms with Crippen molar-refractivity contribution in [2.24, 2.45) is 0 Å². The number of rotatable bonds is 7. The van der Waals surface area contributed by atoms with Crippen LogP contribution >= 0.6 is 0 Å². The number of hydrogen-bond donors (Lipinski definition) is 2. The summed E-state index contributed by atoms with van der Waals surface area (Å²) >= 11 is 0. The molecule has 3 amide bonds. The smallest absolute Gasteiger partial charge is 0.268 e. The quantitative estimate of drug-likeness (QED) is 0.539. The van der Waals surface area contributed by atoms with E-state index in [0.717, 1.165) is 11.1 Å². The van der Waals surface area contributed by atoms with Crippen molar-refractivity contribution in [1.82, 2.24) is 0 Å². The summed E-state index contributed by atoms with van der Waals surface area (Å²) in [6.45, 7) is 5.11. The molecule has 2 N–H and O–H groups in total. The minimum atomic E-state index is -0.738. The first kappa shape index (κ1) is 23.8. The number of benzene rings is 3. The molecule has 0 fully saturated rings. The molecule has 0 aliphatic carbocycles. The number of nitrogens with one attached hydrogen (secondary N) is 2. The maximum absolute atomic E-state index is 12.8. The highest BCUT2D eigenvalue weighted by Gasteiger charge is 2.33. The zero-order valence-corrected chi connectivity index (χ0v) is 19.8. The summed E-state index contributed by atoms with van der Waals surface area (Å²) < 4.78 is 11.4. The van der Waals surface area contributed by atoms with E-state index >= 15 is 0 Å². The van der Waals surface area contributed by atoms with Crippen molar-refractivity contribution in [1.29, 1.82) is 0 Å². The molecule has 0 saturated carbocycles. The summed E-state index contributed by atoms with van der Waals surface area (Å²) in [4.78, 5) is 39.4. The molecule has 35 heavy (non-hydrogen) atoms. The molecule has 3 aromatic carbocycles. The van der Waals surface area contributed by atoms with Gasteiger partial charge < -0.3 is 20.1 Å². The Morgan fingerprint density at radius 1 is 0.914 bits per heavy atom. The first-order chi connectivity index (χ1) is 16.8. The summed E-state index contributed by atoms with van der Waals surface area (Å²) in [5, 5.41) is 5.57. The van der Waals surface area contributed by atoms with Crippen molar-refractivity contribution in [3.63, 3.8) is 0 Å². The van der Waals surface area contributed by atoms with Crippen molar-refractivity contribution >= 4 is 34.8 Å². The van der Waals surface area contributed by atoms with Crippen LogP contribution in [0, 0.1) is 13.8 Å². The number of hydrogen-bond acceptors (Lipinski definition) is 5. The maximum atomic E-state index is 12.8. The lowest BCUT2D eigenvalue weighted by molar-refractivity contribution is -0.127. The Morgan fingerprint density at radius 2 is 1.60 bits per heavy atom. The van der Waals surface area contributed by atoms with E-state index < -0.39 is 6.10 Å². The molecular formula is C27H27N3O5. The van der Waals surface area contributed by atoms with Crippen LogP contribution in [0.2, 0.25) is 0 Å². The lowest BCUT2D eigenvalue weighted by Crippen LogP contribution is -2.47. The first-order valence-corrected chi connectivity index (χ1v) is 11.3. The maximum Gasteiger partial charge on any atom is 0.268 e. The summed E-state index contributed by atoms with van der Waals surface area (Å²) in [6, 6.07) is 19.7. The minimum absolute atomic E-state index is 0.168. The Bertz CT molecular complexity index is 1240. The second-order valence-electron chi connectivity index (χ2n) is 8.34. The van der Waals surface area contributed by atoms with Crippen molar-refractivity contribution < 1.29 is 23.9 Å². The van der Waals surface area contributed by atoms with Gasteiger partial charge in [-0.25, -0.2) is 0 Å². The minimum Gasteiger partial charge on any atom is -0.483 e. The fraction of sp³-hybridized carbons (Fsp3) is 0.222. The molecular weight excluding hydrogens is 446 g/mol. The Hall–Kier alpha value is -4.33. The normalized spacial score (nSPS) is 14.5. The Balaban J connectivity index is 1.47. The van der Waals surface area contributed by atoms with E-state index in [4.69, 9.17) is 9.47 Å². The summed E-state index contributed by atoms with van der Waals surface area (Å²) in [7, 11) is 0. The van der Waals surface area contributed by atoms with E-state index in [9.17, 15) is 14.4 Å². The SMILES string of the molecule is Cc1cccc(C)c1OCC(=O)Nc1ccc2c(c1)N(CC(=O)Nc1ccccc1)C(=O)C(C)O2. The highest BCUT2D eigenvalue weighted by atomic mass is 16.5. The van der Waals surface area contributed by atoms with E-state index in [1.165, 1.54) is 4.90 Å². The van der Waals surface area contributed by atoms with Gasteiger partial charge in [-0.15, -0.1) is 0 Å². The van der Waals surface area contributed by atoms with Gasteiger partial charge >= 0.3 is 0 Å². The molecule has 8 nitrogen and oxygen atoms in total. The van der Waals surface area contributed by atoms with Gasteiger partial charge in [0.1, 0.15) is 18.0 Å². The van der Waals surface area contributed by atoms with E-state index in [1.807, 2.05) is 50.2 Å². The van der Waals surface area contributed by atoms with Gasteiger partial charge in [0.2, 0.25) is 5.91 Å². The average Bonchev–Trinajstić information content (AvgIpc) is 2.82. The molecule has 3 aromatic rings. The predicted octanol–water partition coefficient (Wildman–Crippen LogP) is 4.07. The predicted molar refractivity (Wildman–Crippen MR) is 134 cm³/mol. The fourth-order valence-corrected chi connectivity index (χ4v) is 3.88. The third-order valence-electron chi connectivity index (χ3n) is 5.57. The Labute approximate surface area is 203 Å². The van der Waals surface area contributed by atoms with Gasteiger partial charge in [0.25, 0.3) is 11.8 Å². The van der Waals surface area contributed by atoms with Crippen LogP contribution < -0.4 is 25.0 Å². The van der Waals surface area contributed by atoms with Gasteiger partial charge in [0.05, 0.1) is 5.69 Å². The number of para-hydroxylation sites is 2. The largest absolute Gasteiger partial charge is 0.483 e. The molecule has 0 bridgehead atoms. The van der Waals surface area contributed by atoms with Gasteiger partial charge in [0, 0.05) is 11.4 Å². The lowest BCUT2D eigenvalue weighted by Gasteiger charge is -2.33. The van der Waals surface area contributed by atoms with E-state index in [1.54, 1.807) is 37.3 Å². The van der Waals surface area contributed by atoms with Crippen molar-refractivity contribution in [2.75, 3.05) is 28.7 Å². The lowest BCUT2D eigenvalue weighted by atomic mass is 10.1. The second kappa shape index (κ2) is 10.3. The number of nitrogens with zero attached hydrogens (tertiary/aromatic N) is 1. The summed E-state index contributed by atoms with van der Waals surface area (Å²) in [5.41, 5.74) is 3.39. The zero-order chi connectivity index (χ0) is 24.9. The van der Waals surface area contributed by atoms with E-state index in [-0.39, 0.29) is 30.9 Å². The monoisotopic (exact) mass is 473 g/mol. The van der Waals surface area contributed by atoms with Gasteiger partial charge in [0.15, 0.2) is 12.7 Å². The third kappa shape index (κ3) is 5.60. The molecule has 4 rings (SSSR count). The number of carbonyl (C=O) groups is 3. The topological polar surface area (TPSA) is 97.0 Å². The van der Waals surface area contributed by atoms with E-state index in [2.05, 4.69) is 10.6 Å². The van der Waals surface area contributed by atoms with Gasteiger partial charge in [-0.05, 0) is 62.2 Å². The molecule has 0 aromatic heterocycles. The fourth-order valence-electron chi connectivity index (χ4n) is 3.88. The molecule has 0 saturated heterocycles. The number of anilines is 3. The van der Waals surface area contributed by atoms with Crippen molar-refractivity contribution in [2.45, 2.75) is 26.9 Å². The highest BCUT2D eigenvalue weighted by molar-refractivity contribution is 6.06. The van der Waals surface area contributed by atoms with Gasteiger partial charge in [-0.1, -0.05) is 36.4 Å². The summed E-state index contributed by atoms with van der Waals surface area (Å²) in [5.74, 6) is 0.0899. The van der Waals surface area contributed by atoms with Crippen LogP contribution in [0.3, 0.4) is 0 Å². The Morgan fingerprint density at radius 3 is 2.31 bits per heavy atom. The number of fused-ring (bicyclic) bond motifs is 1. The van der Waals surface area contributed by atoms with Crippen LogP contribution in [0.5, 0.6) is 11.5 Å². The highest BCUT2D eigenvalue weighted by Crippen LogP contribution is 2.36. The number of ether oxygens (including phenoxy) is 2. The van der Waals surface area contributed by atoms with Gasteiger partial charge in [-0.3, -0.25) is 19.3 Å². The molecule has 0 spiro atoms. The third-order valence-corrected chi connectivity index (χ3v) is 5.57. The van der Waals surface area contributed by atoms with Crippen molar-refractivity contribution in [3.05, 3.63) is 77.9 Å². The van der Waals surface area contributed by atoms with Crippen molar-refractivity contribution in [3.8, 4) is 11.5 Å². The first-order valence-electron chi connectivity index (χ1n) is 11.3. The van der Waals surface area contributed by atoms with Crippen LogP contribution in [-0.2, 0) is 14.4 Å². The zero-order valence-electron chi connectivity index (χ0n) is 19.8. The average molecular weight is 474 g/mol. The molecule has 1 aliphatic rings. The molecule has 1 unspecified atom stereocenters. The van der Waals surface area contributed by atoms with Gasteiger partial charge in [-0.2, -0.15) is 0 Å². The van der Waals surface area contributed by atoms with Crippen LogP contribution in [0.25, 0.3) is 0 Å². The Kier molecular flexibility index (Phi) is 7.01. The molecule has 180 valence electrons. The standard InChI is InChI=1S/C27H27N3O5/c1-17-8-7-9-18(2)26(17)34-16-25(32)29-21-12-13-23-22(14-21)30(27(33)19(3)35-23)15-24(31)28-20-10-5-4-6-11-20/h4-14,19H,15-16H2,1-3H3,(H,28,31)(H,29,32). The number of carbonyl (C=O) groups excluding carboxylic acids is 3. The van der Waals surface area contributed by atoms with E-state index in [0.29, 0.717) is 28.6 Å². The second-order valence-corrected chi connectivity index (χ2v) is 8.34. The number of aryl methyl sites for hydroxylation is 2. The number of amides is 3. The van der Waals surface area contributed by atoms with Crippen LogP contribution in [0.4, 0.5) is 17.1 Å². The molecule has 1 atom stereocenters. The molecule has 1 aliphatic heterocycles. The summed E-state index contributed by atoms with van der Waals surface area (Å²) in [6.07, 6.45) is -0.738. The van der Waals surface area contributed by atoms with Crippen LogP contribution in [-0.4, -0.2) is 37.0 Å². The van der Waals surface area contributed by atoms with Crippen LogP contribution in [0.1, 0.15) is 18.1 Å². The molecule has 0 radical (unpaired) electrons. The molecule has 8 heteroatoms.